The quantitative estimate of drug-likeness (QED) is 0.112. The normalized spacial score (nSPS) is 15.9. The molecule has 0 bridgehead atoms. The van der Waals surface area contributed by atoms with Crippen LogP contribution in [-0.4, -0.2) is 29.9 Å². The fourth-order valence-electron chi connectivity index (χ4n) is 23.2. The number of aromatic nitrogens is 6. The van der Waals surface area contributed by atoms with Crippen LogP contribution in [0, 0.1) is 0 Å². The Kier molecular flexibility index (Phi) is 16.4. The van der Waals surface area contributed by atoms with E-state index in [2.05, 4.69) is 425 Å². The van der Waals surface area contributed by atoms with Crippen LogP contribution < -0.4 is 14.2 Å². The van der Waals surface area contributed by atoms with Crippen molar-refractivity contribution in [1.29, 1.82) is 0 Å². The van der Waals surface area contributed by atoms with Gasteiger partial charge in [-0.3, -0.25) is 4.98 Å². The number of hydrogen-bond donors (Lipinski definition) is 0. The number of nitrogens with zero attached hydrogens (tertiary/aromatic N) is 6. The summed E-state index contributed by atoms with van der Waals surface area (Å²) in [5.41, 5.74) is 33.8. The van der Waals surface area contributed by atoms with Crippen molar-refractivity contribution in [2.24, 2.45) is 0 Å². The van der Waals surface area contributed by atoms with Gasteiger partial charge in [0, 0.05) is 89.5 Å². The van der Waals surface area contributed by atoms with Crippen molar-refractivity contribution in [3.8, 4) is 181 Å². The summed E-state index contributed by atoms with van der Waals surface area (Å²) in [5.74, 6) is 6.50. The fourth-order valence-corrected chi connectivity index (χ4v) is 23.2. The lowest BCUT2D eigenvalue weighted by Crippen LogP contribution is -2.32. The zero-order valence-corrected chi connectivity index (χ0v) is 72.1. The highest BCUT2D eigenvalue weighted by Gasteiger charge is 2.56. The van der Waals surface area contributed by atoms with Gasteiger partial charge in [-0.25, -0.2) is 24.9 Å². The van der Waals surface area contributed by atoms with E-state index in [1.54, 1.807) is 0 Å². The molecule has 0 fully saturated rings. The van der Waals surface area contributed by atoms with Gasteiger partial charge >= 0.3 is 0 Å². The summed E-state index contributed by atoms with van der Waals surface area (Å²) in [5, 5.41) is 4.16. The fraction of sp³-hybridized carbons (Fsp3) is 0.0240. The van der Waals surface area contributed by atoms with E-state index in [1.807, 2.05) is 24.4 Å². The predicted octanol–water partition coefficient (Wildman–Crippen LogP) is 30.4. The lowest BCUT2D eigenvalue weighted by Gasteiger charge is -2.39. The highest BCUT2D eigenvalue weighted by atomic mass is 16.5. The predicted molar refractivity (Wildman–Crippen MR) is 535 cm³/mol. The molecule has 0 spiro atoms. The Morgan fingerprint density at radius 1 is 0.179 bits per heavy atom. The van der Waals surface area contributed by atoms with E-state index in [0.717, 1.165) is 224 Å². The van der Waals surface area contributed by atoms with Gasteiger partial charge in [0.1, 0.15) is 34.5 Å². The Morgan fingerprint density at radius 3 is 1.20 bits per heavy atom. The van der Waals surface area contributed by atoms with Crippen LogP contribution in [0.25, 0.3) is 168 Å². The summed E-state index contributed by atoms with van der Waals surface area (Å²) in [6.45, 7) is 0. The average molecular weight is 1710 g/mol. The summed E-state index contributed by atoms with van der Waals surface area (Å²) in [4.78, 5) is 33.1. The van der Waals surface area contributed by atoms with Crippen LogP contribution in [0.4, 0.5) is 0 Å². The zero-order chi connectivity index (χ0) is 87.9. The van der Waals surface area contributed by atoms with Crippen LogP contribution in [-0.2, 0) is 16.2 Å². The molecule has 3 atom stereocenters. The largest absolute Gasteiger partial charge is 0.457 e. The zero-order valence-electron chi connectivity index (χ0n) is 72.1. The first-order valence-electron chi connectivity index (χ1n) is 45.7. The molecule has 0 saturated carbocycles. The van der Waals surface area contributed by atoms with E-state index in [0.29, 0.717) is 17.5 Å². The summed E-state index contributed by atoms with van der Waals surface area (Å²) >= 11 is 0. The maximum Gasteiger partial charge on any atom is 0.164 e. The highest BCUT2D eigenvalue weighted by Crippen LogP contribution is 2.69. The SMILES string of the molecule is c1ccc(-c2cc(-c3cc4c5c(c3)-c3ccc(-c6cccc(-c7ccccc7-c7cc8c9c(c7)-c7ccccc7C9(c7ccccc7)c7ccccc7O8)n6)cc3C5(c3ccccc3)c3ccccc3O4)cc(-c3cnc(-c4ccc5c(c4)C4(c6ccccc6)c6ccccc6Oc6cc(-c7nc(-c8ccccc8)nc(-c8cccc9ccccc89)n7)cc-5c64)c4ccccc34)n2)cc1. The maximum absolute atomic E-state index is 7.41. The first-order valence-corrected chi connectivity index (χ1v) is 45.7. The molecule has 9 heteroatoms. The second-order valence-corrected chi connectivity index (χ2v) is 35.6. The Morgan fingerprint density at radius 2 is 0.582 bits per heavy atom. The monoisotopic (exact) mass is 1710 g/mol. The molecule has 7 heterocycles. The van der Waals surface area contributed by atoms with Crippen molar-refractivity contribution in [3.05, 3.63) is 516 Å². The van der Waals surface area contributed by atoms with Crippen LogP contribution in [0.2, 0.25) is 0 Å². The van der Waals surface area contributed by atoms with Crippen LogP contribution in [0.15, 0.2) is 449 Å². The molecule has 0 amide bonds. The summed E-state index contributed by atoms with van der Waals surface area (Å²) in [6, 6.07) is 159. The first kappa shape index (κ1) is 75.3. The van der Waals surface area contributed by atoms with Crippen LogP contribution in [0.1, 0.15) is 66.8 Å². The van der Waals surface area contributed by atoms with E-state index < -0.39 is 16.2 Å². The number of fused-ring (bicyclic) bond motifs is 17. The molecule has 6 aliphatic rings. The van der Waals surface area contributed by atoms with E-state index in [9.17, 15) is 0 Å². The van der Waals surface area contributed by atoms with E-state index in [-0.39, 0.29) is 0 Å². The summed E-state index contributed by atoms with van der Waals surface area (Å²) < 4.78 is 21.8. The Balaban J connectivity index is 0.576. The Labute approximate surface area is 773 Å². The Hall–Kier alpha value is -17.7. The highest BCUT2D eigenvalue weighted by molar-refractivity contribution is 6.06. The molecule has 28 rings (SSSR count). The lowest BCUT2D eigenvalue weighted by atomic mass is 9.66. The molecule has 0 radical (unpaired) electrons. The van der Waals surface area contributed by atoms with Gasteiger partial charge in [0.25, 0.3) is 0 Å². The summed E-state index contributed by atoms with van der Waals surface area (Å²) in [6.07, 6.45) is 2.04. The van der Waals surface area contributed by atoms with Gasteiger partial charge in [-0.05, 0) is 196 Å². The third-order valence-corrected chi connectivity index (χ3v) is 28.7. The van der Waals surface area contributed by atoms with Gasteiger partial charge in [-0.15, -0.1) is 0 Å². The number of pyridine rings is 3. The minimum atomic E-state index is -0.820. The maximum atomic E-state index is 7.41. The Bertz CT molecular complexity index is 8740. The third-order valence-electron chi connectivity index (χ3n) is 28.7. The third kappa shape index (κ3) is 10.9. The molecule has 18 aromatic carbocycles. The minimum Gasteiger partial charge on any atom is -0.457 e. The number of rotatable bonds is 13. The average Bonchev–Trinajstić information content (AvgIpc) is 1.51. The topological polar surface area (TPSA) is 105 Å². The molecule has 0 N–H and O–H groups in total. The van der Waals surface area contributed by atoms with Crippen LogP contribution in [0.3, 0.4) is 0 Å². The molecule has 3 unspecified atom stereocenters. The van der Waals surface area contributed by atoms with Gasteiger partial charge in [0.05, 0.1) is 44.7 Å². The van der Waals surface area contributed by atoms with Crippen molar-refractivity contribution < 1.29 is 14.2 Å². The standard InChI is InChI=1S/C125H74N6O3/c1-6-33-76(34-7-1)108-69-81(70-109(128-108)99-74-126-119(94-49-21-19-46-89(94)99)79-61-63-92-98-66-83(73-115-118(98)125(105(92)68-79,86-42-14-5-15-43-86)103-54-26-29-59-112(103)134-115)121-129-120(77-35-8-2-9-36-77)130-122(131-121)95-50-30-37-75-32-16-17-44-87(75)95)80-64-96-91-62-60-78(67-104(91)124(85-40-12-4-13-41-85)102-53-25-28-58-111(102)132-113(71-80)117(96)124)106-55-31-56-107(127-106)93-48-20-18-45-88(93)82-65-97-90-47-22-23-51-100(90)123(84-38-10-3-11-39-84)101-52-24-27-57-110(101)133-114(72-82)116(97)123/h1-74H. The van der Waals surface area contributed by atoms with E-state index >= 15 is 0 Å². The number of para-hydroxylation sites is 3. The second-order valence-electron chi connectivity index (χ2n) is 35.6. The van der Waals surface area contributed by atoms with Crippen molar-refractivity contribution >= 4 is 21.5 Å². The van der Waals surface area contributed by atoms with Crippen molar-refractivity contribution in [1.82, 2.24) is 29.9 Å². The first-order chi connectivity index (χ1) is 66.4. The van der Waals surface area contributed by atoms with Crippen LogP contribution in [0.5, 0.6) is 34.5 Å². The number of ether oxygens (including phenoxy) is 3. The van der Waals surface area contributed by atoms with Crippen molar-refractivity contribution in [3.63, 3.8) is 0 Å². The van der Waals surface area contributed by atoms with Crippen molar-refractivity contribution in [2.45, 2.75) is 16.2 Å². The molecule has 622 valence electrons. The molecular formula is C125H74N6O3. The van der Waals surface area contributed by atoms with Gasteiger partial charge in [-0.2, -0.15) is 0 Å². The molecule has 9 nitrogen and oxygen atoms in total. The molecular weight excluding hydrogens is 1630 g/mol. The molecule has 22 aromatic rings. The molecule has 3 aliphatic heterocycles. The molecule has 4 aromatic heterocycles. The second kappa shape index (κ2) is 29.2. The number of benzene rings is 18. The van der Waals surface area contributed by atoms with Gasteiger partial charge in [-0.1, -0.05) is 352 Å². The lowest BCUT2D eigenvalue weighted by molar-refractivity contribution is 0.438. The number of hydrogen-bond acceptors (Lipinski definition) is 9. The molecule has 3 aliphatic carbocycles. The minimum absolute atomic E-state index is 0.538. The summed E-state index contributed by atoms with van der Waals surface area (Å²) in [7, 11) is 0. The van der Waals surface area contributed by atoms with Gasteiger partial charge in [0.15, 0.2) is 17.5 Å². The smallest absolute Gasteiger partial charge is 0.164 e. The van der Waals surface area contributed by atoms with E-state index in [1.165, 1.54) is 27.8 Å². The van der Waals surface area contributed by atoms with Crippen LogP contribution >= 0.6 is 0 Å². The molecule has 134 heavy (non-hydrogen) atoms. The van der Waals surface area contributed by atoms with Gasteiger partial charge < -0.3 is 14.2 Å². The molecule has 0 saturated heterocycles. The van der Waals surface area contributed by atoms with Gasteiger partial charge in [0.2, 0.25) is 0 Å². The van der Waals surface area contributed by atoms with E-state index in [4.69, 9.17) is 44.1 Å². The van der Waals surface area contributed by atoms with Crippen molar-refractivity contribution in [2.75, 3.05) is 0 Å².